The van der Waals surface area contributed by atoms with Crippen molar-refractivity contribution >= 4 is 29.9 Å². The van der Waals surface area contributed by atoms with E-state index in [1.54, 1.807) is 0 Å². The van der Waals surface area contributed by atoms with Gasteiger partial charge in [0.1, 0.15) is 0 Å². The SMILES string of the molecule is CN=C(NCC1CCCOC1C(C)(C)C)NC1CCCCC1.I. The van der Waals surface area contributed by atoms with Crippen molar-refractivity contribution in [3.05, 3.63) is 0 Å². The molecule has 2 atom stereocenters. The molecule has 4 nitrogen and oxygen atoms in total. The number of ether oxygens (including phenoxy) is 1. The van der Waals surface area contributed by atoms with Gasteiger partial charge in [-0.3, -0.25) is 4.99 Å². The van der Waals surface area contributed by atoms with Gasteiger partial charge < -0.3 is 15.4 Å². The molecular weight excluding hydrogens is 401 g/mol. The number of rotatable bonds is 3. The molecular formula is C18H36IN3O. The van der Waals surface area contributed by atoms with Crippen molar-refractivity contribution in [2.75, 3.05) is 20.2 Å². The zero-order valence-electron chi connectivity index (χ0n) is 15.4. The van der Waals surface area contributed by atoms with Crippen molar-refractivity contribution in [3.63, 3.8) is 0 Å². The Balaban J connectivity index is 0.00000264. The molecule has 0 aromatic carbocycles. The summed E-state index contributed by atoms with van der Waals surface area (Å²) in [5.41, 5.74) is 0.201. The third kappa shape index (κ3) is 6.77. The van der Waals surface area contributed by atoms with Crippen molar-refractivity contribution in [1.82, 2.24) is 10.6 Å². The average Bonchev–Trinajstić information content (AvgIpc) is 2.52. The van der Waals surface area contributed by atoms with Gasteiger partial charge in [0.25, 0.3) is 0 Å². The van der Waals surface area contributed by atoms with Crippen LogP contribution >= 0.6 is 24.0 Å². The van der Waals surface area contributed by atoms with E-state index in [2.05, 4.69) is 36.4 Å². The Labute approximate surface area is 159 Å². The Bertz CT molecular complexity index is 362. The number of guanidine groups is 1. The lowest BCUT2D eigenvalue weighted by molar-refractivity contribution is -0.0835. The van der Waals surface area contributed by atoms with Gasteiger partial charge in [0, 0.05) is 32.2 Å². The fraction of sp³-hybridized carbons (Fsp3) is 0.944. The number of aliphatic imine (C=N–C) groups is 1. The van der Waals surface area contributed by atoms with E-state index in [1.807, 2.05) is 7.05 Å². The van der Waals surface area contributed by atoms with Gasteiger partial charge in [0.15, 0.2) is 5.96 Å². The Morgan fingerprint density at radius 1 is 1.09 bits per heavy atom. The summed E-state index contributed by atoms with van der Waals surface area (Å²) in [7, 11) is 1.87. The standard InChI is InChI=1S/C18H35N3O.HI/c1-18(2,3)16-14(9-8-12-22-16)13-20-17(19-4)21-15-10-6-5-7-11-15;/h14-16H,5-13H2,1-4H3,(H2,19,20,21);1H. The molecule has 0 radical (unpaired) electrons. The Hall–Kier alpha value is -0.0400. The van der Waals surface area contributed by atoms with Crippen LogP contribution in [0, 0.1) is 11.3 Å². The summed E-state index contributed by atoms with van der Waals surface area (Å²) in [4.78, 5) is 4.41. The second kappa shape index (κ2) is 10.1. The molecule has 1 aliphatic carbocycles. The first-order valence-electron chi connectivity index (χ1n) is 9.09. The summed E-state index contributed by atoms with van der Waals surface area (Å²) in [6.07, 6.45) is 9.38. The molecule has 0 amide bonds. The molecule has 23 heavy (non-hydrogen) atoms. The molecule has 2 aliphatic rings. The van der Waals surface area contributed by atoms with Crippen molar-refractivity contribution < 1.29 is 4.74 Å². The van der Waals surface area contributed by atoms with Gasteiger partial charge >= 0.3 is 0 Å². The summed E-state index contributed by atoms with van der Waals surface area (Å²) in [6.45, 7) is 8.71. The highest BCUT2D eigenvalue weighted by Gasteiger charge is 2.35. The topological polar surface area (TPSA) is 45.7 Å². The summed E-state index contributed by atoms with van der Waals surface area (Å²) in [6, 6.07) is 0.598. The first kappa shape index (κ1) is 21.0. The molecule has 0 aromatic rings. The van der Waals surface area contributed by atoms with Crippen LogP contribution in [0.1, 0.15) is 65.7 Å². The van der Waals surface area contributed by atoms with Crippen molar-refractivity contribution in [2.24, 2.45) is 16.3 Å². The minimum atomic E-state index is 0. The zero-order chi connectivity index (χ0) is 16.0. The third-order valence-corrected chi connectivity index (χ3v) is 5.00. The summed E-state index contributed by atoms with van der Waals surface area (Å²) in [5.74, 6) is 1.53. The van der Waals surface area contributed by atoms with Gasteiger partial charge in [-0.2, -0.15) is 0 Å². The number of hydrogen-bond donors (Lipinski definition) is 2. The second-order valence-corrected chi connectivity index (χ2v) is 7.99. The van der Waals surface area contributed by atoms with E-state index in [1.165, 1.54) is 44.9 Å². The van der Waals surface area contributed by atoms with Gasteiger partial charge in [-0.05, 0) is 31.1 Å². The first-order chi connectivity index (χ1) is 10.5. The summed E-state index contributed by atoms with van der Waals surface area (Å²) < 4.78 is 6.07. The highest BCUT2D eigenvalue weighted by atomic mass is 127. The van der Waals surface area contributed by atoms with Gasteiger partial charge in [-0.15, -0.1) is 24.0 Å². The van der Waals surface area contributed by atoms with E-state index >= 15 is 0 Å². The molecule has 1 heterocycles. The van der Waals surface area contributed by atoms with Crippen molar-refractivity contribution in [3.8, 4) is 0 Å². The van der Waals surface area contributed by atoms with Gasteiger partial charge in [-0.1, -0.05) is 40.0 Å². The smallest absolute Gasteiger partial charge is 0.191 e. The molecule has 2 N–H and O–H groups in total. The Morgan fingerprint density at radius 2 is 1.78 bits per heavy atom. The lowest BCUT2D eigenvalue weighted by Crippen LogP contribution is -2.49. The first-order valence-corrected chi connectivity index (χ1v) is 9.09. The van der Waals surface area contributed by atoms with Crippen LogP contribution in [0.2, 0.25) is 0 Å². The van der Waals surface area contributed by atoms with Crippen LogP contribution in [0.5, 0.6) is 0 Å². The van der Waals surface area contributed by atoms with E-state index in [0.717, 1.165) is 19.1 Å². The molecule has 2 fully saturated rings. The summed E-state index contributed by atoms with van der Waals surface area (Å²) in [5, 5.41) is 7.14. The van der Waals surface area contributed by atoms with E-state index < -0.39 is 0 Å². The fourth-order valence-electron chi connectivity index (χ4n) is 3.87. The maximum atomic E-state index is 6.07. The quantitative estimate of drug-likeness (QED) is 0.400. The fourth-order valence-corrected chi connectivity index (χ4v) is 3.87. The van der Waals surface area contributed by atoms with E-state index in [0.29, 0.717) is 18.1 Å². The minimum absolute atomic E-state index is 0. The predicted molar refractivity (Wildman–Crippen MR) is 109 cm³/mol. The number of nitrogens with one attached hydrogen (secondary N) is 2. The van der Waals surface area contributed by atoms with Crippen LogP contribution in [0.15, 0.2) is 4.99 Å². The normalized spacial score (nSPS) is 27.2. The van der Waals surface area contributed by atoms with Crippen LogP contribution in [0.25, 0.3) is 0 Å². The molecule has 1 saturated heterocycles. The monoisotopic (exact) mass is 437 g/mol. The van der Waals surface area contributed by atoms with Crippen LogP contribution in [-0.2, 0) is 4.74 Å². The Morgan fingerprint density at radius 3 is 2.39 bits per heavy atom. The highest BCUT2D eigenvalue weighted by molar-refractivity contribution is 14.0. The summed E-state index contributed by atoms with van der Waals surface area (Å²) >= 11 is 0. The minimum Gasteiger partial charge on any atom is -0.377 e. The molecule has 136 valence electrons. The molecule has 1 saturated carbocycles. The maximum Gasteiger partial charge on any atom is 0.191 e. The largest absolute Gasteiger partial charge is 0.377 e. The maximum absolute atomic E-state index is 6.07. The van der Waals surface area contributed by atoms with Crippen molar-refractivity contribution in [1.29, 1.82) is 0 Å². The van der Waals surface area contributed by atoms with Crippen LogP contribution in [-0.4, -0.2) is 38.3 Å². The van der Waals surface area contributed by atoms with E-state index in [4.69, 9.17) is 4.74 Å². The lowest BCUT2D eigenvalue weighted by atomic mass is 9.78. The molecule has 1 aliphatic heterocycles. The van der Waals surface area contributed by atoms with Crippen LogP contribution < -0.4 is 10.6 Å². The van der Waals surface area contributed by atoms with Crippen molar-refractivity contribution in [2.45, 2.75) is 77.9 Å². The highest BCUT2D eigenvalue weighted by Crippen LogP contribution is 2.33. The molecule has 0 aromatic heterocycles. The Kier molecular flexibility index (Phi) is 9.19. The van der Waals surface area contributed by atoms with Crippen LogP contribution in [0.4, 0.5) is 0 Å². The van der Waals surface area contributed by atoms with Gasteiger partial charge in [0.05, 0.1) is 6.10 Å². The second-order valence-electron chi connectivity index (χ2n) is 7.99. The number of hydrogen-bond acceptors (Lipinski definition) is 2. The van der Waals surface area contributed by atoms with Gasteiger partial charge in [-0.25, -0.2) is 0 Å². The zero-order valence-corrected chi connectivity index (χ0v) is 17.7. The molecule has 0 spiro atoms. The molecule has 2 rings (SSSR count). The molecule has 0 bridgehead atoms. The predicted octanol–water partition coefficient (Wildman–Crippen LogP) is 3.94. The molecule has 2 unspecified atom stereocenters. The third-order valence-electron chi connectivity index (χ3n) is 5.00. The number of nitrogens with zero attached hydrogens (tertiary/aromatic N) is 1. The molecule has 5 heteroatoms. The van der Waals surface area contributed by atoms with Crippen LogP contribution in [0.3, 0.4) is 0 Å². The number of halogens is 1. The average molecular weight is 437 g/mol. The van der Waals surface area contributed by atoms with E-state index in [9.17, 15) is 0 Å². The van der Waals surface area contributed by atoms with Gasteiger partial charge in [0.2, 0.25) is 0 Å². The lowest BCUT2D eigenvalue weighted by Gasteiger charge is -2.40. The van der Waals surface area contributed by atoms with E-state index in [-0.39, 0.29) is 29.4 Å².